The van der Waals surface area contributed by atoms with Crippen LogP contribution in [0.5, 0.6) is 0 Å². The molecule has 2 N–H and O–H groups in total. The number of aliphatic hydroxyl groups excluding tert-OH is 1. The molecule has 1 aliphatic heterocycles. The number of rotatable bonds is 1. The van der Waals surface area contributed by atoms with Crippen molar-refractivity contribution in [3.05, 3.63) is 17.6 Å². The molecule has 0 atom stereocenters. The minimum absolute atomic E-state index is 0.0556. The molecule has 1 rings (SSSR count). The molecular weight excluding hydrogens is 200 g/mol. The largest absolute Gasteiger partial charge is 0.515 e. The smallest absolute Gasteiger partial charge is 0.334 e. The maximum absolute atomic E-state index is 9.87. The highest BCUT2D eigenvalue weighted by Gasteiger charge is 2.04. The zero-order chi connectivity index (χ0) is 11.7. The first-order valence-electron chi connectivity index (χ1n) is 4.53. The molecule has 5 heteroatoms. The number of hydrogen-bond acceptors (Lipinski definition) is 4. The highest BCUT2D eigenvalue weighted by molar-refractivity contribution is 5.85. The van der Waals surface area contributed by atoms with Gasteiger partial charge in [-0.25, -0.2) is 9.59 Å². The van der Waals surface area contributed by atoms with E-state index < -0.39 is 5.97 Å². The Kier molecular flexibility index (Phi) is 6.76. The second-order valence-electron chi connectivity index (χ2n) is 2.95. The lowest BCUT2D eigenvalue weighted by molar-refractivity contribution is -0.132. The first kappa shape index (κ1) is 13.3. The Labute approximate surface area is 87.7 Å². The molecule has 0 aromatic carbocycles. The first-order valence-corrected chi connectivity index (χ1v) is 4.53. The normalized spacial score (nSPS) is 15.5. The van der Waals surface area contributed by atoms with Crippen LogP contribution in [0.25, 0.3) is 0 Å². The molecule has 1 aliphatic rings. The third-order valence-corrected chi connectivity index (χ3v) is 1.72. The van der Waals surface area contributed by atoms with Crippen molar-refractivity contribution in [1.29, 1.82) is 0 Å². The summed E-state index contributed by atoms with van der Waals surface area (Å²) in [5, 5.41) is 15.9. The average molecular weight is 214 g/mol. The van der Waals surface area contributed by atoms with E-state index in [9.17, 15) is 9.59 Å². The average Bonchev–Trinajstić information content (AvgIpc) is 2.29. The van der Waals surface area contributed by atoms with Crippen molar-refractivity contribution in [2.24, 2.45) is 0 Å². The van der Waals surface area contributed by atoms with Crippen LogP contribution < -0.4 is 0 Å². The first-order chi connectivity index (χ1) is 7.11. The molecule has 1 saturated heterocycles. The molecule has 0 spiro atoms. The van der Waals surface area contributed by atoms with E-state index in [1.807, 2.05) is 0 Å². The molecule has 0 radical (unpaired) electrons. The van der Waals surface area contributed by atoms with Crippen LogP contribution in [-0.2, 0) is 14.3 Å². The SMILES string of the molecule is CC(=CO)C(=O)O.O=C=C1CCCCO1. The number of hydrogen-bond donors (Lipinski definition) is 2. The number of ether oxygens (including phenoxy) is 1. The zero-order valence-electron chi connectivity index (χ0n) is 8.52. The van der Waals surface area contributed by atoms with Gasteiger partial charge in [0.2, 0.25) is 0 Å². The number of aliphatic hydroxyl groups is 1. The van der Waals surface area contributed by atoms with Crippen LogP contribution in [0.2, 0.25) is 0 Å². The highest BCUT2D eigenvalue weighted by Crippen LogP contribution is 2.12. The standard InChI is InChI=1S/C6H8O2.C4H6O3/c7-5-6-3-1-2-4-8-6;1-3(2-5)4(6)7/h1-4H2;2,5H,1H3,(H,6,7). The summed E-state index contributed by atoms with van der Waals surface area (Å²) in [7, 11) is 0. The maximum Gasteiger partial charge on any atom is 0.334 e. The van der Waals surface area contributed by atoms with Crippen LogP contribution in [0.3, 0.4) is 0 Å². The van der Waals surface area contributed by atoms with Crippen LogP contribution in [0.1, 0.15) is 26.2 Å². The number of carboxylic acid groups (broad SMARTS) is 1. The van der Waals surface area contributed by atoms with Gasteiger partial charge in [-0.1, -0.05) is 0 Å². The number of allylic oxidation sites excluding steroid dienone is 1. The Hall–Kier alpha value is -1.74. The summed E-state index contributed by atoms with van der Waals surface area (Å²) in [6.07, 6.45) is 3.49. The van der Waals surface area contributed by atoms with E-state index in [-0.39, 0.29) is 5.57 Å². The van der Waals surface area contributed by atoms with Gasteiger partial charge in [0, 0.05) is 6.42 Å². The molecule has 0 unspecified atom stereocenters. The van der Waals surface area contributed by atoms with Crippen LogP contribution in [0, 0.1) is 0 Å². The monoisotopic (exact) mass is 214 g/mol. The summed E-state index contributed by atoms with van der Waals surface area (Å²) in [5.74, 6) is 1.15. The fourth-order valence-electron chi connectivity index (χ4n) is 0.791. The van der Waals surface area contributed by atoms with Gasteiger partial charge in [-0.2, -0.15) is 0 Å². The molecule has 0 aliphatic carbocycles. The molecule has 0 aromatic rings. The van der Waals surface area contributed by atoms with E-state index in [0.29, 0.717) is 18.6 Å². The second kappa shape index (κ2) is 7.64. The van der Waals surface area contributed by atoms with Crippen LogP contribution in [0.4, 0.5) is 0 Å². The van der Waals surface area contributed by atoms with Gasteiger partial charge in [0.25, 0.3) is 0 Å². The number of carboxylic acids is 1. The fourth-order valence-corrected chi connectivity index (χ4v) is 0.791. The molecule has 1 fully saturated rings. The summed E-state index contributed by atoms with van der Waals surface area (Å²) in [5.41, 5.74) is -0.0556. The minimum atomic E-state index is -1.09. The molecule has 15 heavy (non-hydrogen) atoms. The quantitative estimate of drug-likeness (QED) is 0.392. The Bertz CT molecular complexity index is 278. The maximum atomic E-state index is 9.87. The topological polar surface area (TPSA) is 83.8 Å². The van der Waals surface area contributed by atoms with Gasteiger partial charge in [0.05, 0.1) is 18.4 Å². The van der Waals surface area contributed by atoms with Crippen LogP contribution in [0.15, 0.2) is 17.6 Å². The number of aliphatic carboxylic acids is 1. The summed E-state index contributed by atoms with van der Waals surface area (Å²) in [6.45, 7) is 2.01. The predicted molar refractivity (Wildman–Crippen MR) is 53.0 cm³/mol. The predicted octanol–water partition coefficient (Wildman–Crippen LogP) is 1.44. The summed E-state index contributed by atoms with van der Waals surface area (Å²) < 4.78 is 4.92. The van der Waals surface area contributed by atoms with Crippen molar-refractivity contribution in [2.75, 3.05) is 6.61 Å². The Morgan fingerprint density at radius 3 is 2.40 bits per heavy atom. The van der Waals surface area contributed by atoms with E-state index in [2.05, 4.69) is 0 Å². The van der Waals surface area contributed by atoms with E-state index in [1.54, 1.807) is 5.94 Å². The van der Waals surface area contributed by atoms with Crippen molar-refractivity contribution >= 4 is 11.9 Å². The Morgan fingerprint density at radius 2 is 2.20 bits per heavy atom. The molecule has 0 bridgehead atoms. The summed E-state index contributed by atoms with van der Waals surface area (Å²) >= 11 is 0. The summed E-state index contributed by atoms with van der Waals surface area (Å²) in [6, 6.07) is 0. The van der Waals surface area contributed by atoms with Gasteiger partial charge in [-0.15, -0.1) is 0 Å². The molecule has 5 nitrogen and oxygen atoms in total. The van der Waals surface area contributed by atoms with E-state index >= 15 is 0 Å². The van der Waals surface area contributed by atoms with Crippen LogP contribution in [-0.4, -0.2) is 28.7 Å². The van der Waals surface area contributed by atoms with Gasteiger partial charge in [0.1, 0.15) is 0 Å². The number of carbonyl (C=O) groups excluding carboxylic acids is 1. The third kappa shape index (κ3) is 6.35. The van der Waals surface area contributed by atoms with Crippen molar-refractivity contribution in [3.63, 3.8) is 0 Å². The minimum Gasteiger partial charge on any atom is -0.515 e. The molecule has 0 amide bonds. The molecule has 84 valence electrons. The van der Waals surface area contributed by atoms with E-state index in [4.69, 9.17) is 14.9 Å². The van der Waals surface area contributed by atoms with Crippen molar-refractivity contribution in [1.82, 2.24) is 0 Å². The molecule has 0 aromatic heterocycles. The van der Waals surface area contributed by atoms with Gasteiger partial charge >= 0.3 is 5.97 Å². The van der Waals surface area contributed by atoms with Crippen molar-refractivity contribution in [2.45, 2.75) is 26.2 Å². The number of carbonyl (C=O) groups is 1. The molecule has 0 saturated carbocycles. The molecule has 1 heterocycles. The van der Waals surface area contributed by atoms with Crippen molar-refractivity contribution < 1.29 is 24.5 Å². The lowest BCUT2D eigenvalue weighted by Crippen LogP contribution is -2.02. The van der Waals surface area contributed by atoms with Gasteiger partial charge < -0.3 is 14.9 Å². The van der Waals surface area contributed by atoms with E-state index in [0.717, 1.165) is 19.3 Å². The van der Waals surface area contributed by atoms with Crippen LogP contribution >= 0.6 is 0 Å². The van der Waals surface area contributed by atoms with E-state index in [1.165, 1.54) is 6.92 Å². The lowest BCUT2D eigenvalue weighted by atomic mass is 10.2. The van der Waals surface area contributed by atoms with Gasteiger partial charge in [-0.3, -0.25) is 0 Å². The highest BCUT2D eigenvalue weighted by atomic mass is 16.5. The summed E-state index contributed by atoms with van der Waals surface area (Å²) in [4.78, 5) is 19.6. The third-order valence-electron chi connectivity index (χ3n) is 1.72. The van der Waals surface area contributed by atoms with Gasteiger partial charge in [0.15, 0.2) is 11.7 Å². The van der Waals surface area contributed by atoms with Crippen molar-refractivity contribution in [3.8, 4) is 0 Å². The lowest BCUT2D eigenvalue weighted by Gasteiger charge is -2.11. The Morgan fingerprint density at radius 1 is 1.53 bits per heavy atom. The second-order valence-corrected chi connectivity index (χ2v) is 2.95. The Balaban J connectivity index is 0.000000265. The fraction of sp³-hybridized carbons (Fsp3) is 0.500. The zero-order valence-corrected chi connectivity index (χ0v) is 8.52. The van der Waals surface area contributed by atoms with Gasteiger partial charge in [-0.05, 0) is 19.8 Å². The molecular formula is C10H14O5.